The zero-order valence-electron chi connectivity index (χ0n) is 19.6. The van der Waals surface area contributed by atoms with Crippen LogP contribution < -0.4 is 10.2 Å². The molecule has 0 aromatic heterocycles. The number of rotatable bonds is 6. The zero-order chi connectivity index (χ0) is 23.2. The van der Waals surface area contributed by atoms with E-state index < -0.39 is 0 Å². The topological polar surface area (TPSA) is 59.4 Å². The predicted octanol–water partition coefficient (Wildman–Crippen LogP) is 4.50. The summed E-state index contributed by atoms with van der Waals surface area (Å²) in [6.45, 7) is 3.97. The van der Waals surface area contributed by atoms with Gasteiger partial charge in [-0.3, -0.25) is 9.69 Å². The van der Waals surface area contributed by atoms with E-state index in [1.54, 1.807) is 0 Å². The monoisotopic (exact) mass is 450 g/mol. The average Bonchev–Trinajstić information content (AvgIpc) is 3.59. The largest absolute Gasteiger partial charge is 0.356 e. The zero-order valence-corrected chi connectivity index (χ0v) is 19.6. The van der Waals surface area contributed by atoms with Crippen LogP contribution in [0.1, 0.15) is 47.7 Å². The molecule has 3 fully saturated rings. The highest BCUT2D eigenvalue weighted by Crippen LogP contribution is 2.41. The molecule has 1 N–H and O–H groups in total. The van der Waals surface area contributed by atoms with Gasteiger partial charge in [0.2, 0.25) is 0 Å². The lowest BCUT2D eigenvalue weighted by atomic mass is 9.97. The van der Waals surface area contributed by atoms with Gasteiger partial charge in [0.1, 0.15) is 0 Å². The maximum Gasteiger partial charge on any atom is 0.181 e. The van der Waals surface area contributed by atoms with E-state index in [2.05, 4.69) is 52.4 Å². The minimum atomic E-state index is -0.139. The van der Waals surface area contributed by atoms with Gasteiger partial charge in [-0.15, -0.1) is 0 Å². The van der Waals surface area contributed by atoms with E-state index >= 15 is 0 Å². The molecule has 34 heavy (non-hydrogen) atoms. The van der Waals surface area contributed by atoms with E-state index in [4.69, 9.17) is 0 Å². The fourth-order valence-electron chi connectivity index (χ4n) is 6.28. The van der Waals surface area contributed by atoms with Crippen LogP contribution in [0.4, 0.5) is 5.69 Å². The highest BCUT2D eigenvalue weighted by Gasteiger charge is 2.56. The molecule has 6 rings (SSSR count). The van der Waals surface area contributed by atoms with E-state index in [9.17, 15) is 10.1 Å². The smallest absolute Gasteiger partial charge is 0.181 e. The molecule has 3 aromatic carbocycles. The number of Topliss-reactive ketones (excluding diaryl/α,β-unsaturated/α-hetero) is 1. The number of hydrogen-bond acceptors (Lipinski definition) is 5. The Morgan fingerprint density at radius 3 is 2.62 bits per heavy atom. The van der Waals surface area contributed by atoms with Crippen LogP contribution in [0.15, 0.2) is 60.7 Å². The molecule has 3 aliphatic heterocycles. The summed E-state index contributed by atoms with van der Waals surface area (Å²) in [4.78, 5) is 18.4. The number of nitrogens with one attached hydrogen (secondary N) is 1. The van der Waals surface area contributed by atoms with Crippen molar-refractivity contribution in [2.75, 3.05) is 18.1 Å². The van der Waals surface area contributed by atoms with Crippen LogP contribution in [0.2, 0.25) is 0 Å². The molecule has 5 heteroatoms. The van der Waals surface area contributed by atoms with Crippen LogP contribution in [0.5, 0.6) is 0 Å². The first-order valence-electron chi connectivity index (χ1n) is 12.5. The lowest BCUT2D eigenvalue weighted by Crippen LogP contribution is -2.57. The Labute approximate surface area is 201 Å². The van der Waals surface area contributed by atoms with Crippen LogP contribution in [0, 0.1) is 11.3 Å². The number of benzene rings is 3. The minimum absolute atomic E-state index is 0.139. The number of nitrogens with zero attached hydrogens (tertiary/aromatic N) is 3. The van der Waals surface area contributed by atoms with Crippen molar-refractivity contribution in [1.82, 2.24) is 10.2 Å². The average molecular weight is 451 g/mol. The van der Waals surface area contributed by atoms with Gasteiger partial charge in [-0.2, -0.15) is 5.26 Å². The molecule has 3 aromatic rings. The van der Waals surface area contributed by atoms with E-state index in [1.165, 1.54) is 24.1 Å². The van der Waals surface area contributed by atoms with Gasteiger partial charge in [-0.05, 0) is 37.0 Å². The molecule has 0 radical (unpaired) electrons. The summed E-state index contributed by atoms with van der Waals surface area (Å²) in [5.41, 5.74) is 4.02. The summed E-state index contributed by atoms with van der Waals surface area (Å²) in [5.74, 6) is 0.218. The highest BCUT2D eigenvalue weighted by atomic mass is 16.1. The van der Waals surface area contributed by atoms with E-state index in [1.807, 2.05) is 36.4 Å². The van der Waals surface area contributed by atoms with E-state index in [0.717, 1.165) is 42.4 Å². The number of fused-ring (bicyclic) bond motifs is 6. The third-order valence-electron chi connectivity index (χ3n) is 8.03. The van der Waals surface area contributed by atoms with Crippen molar-refractivity contribution in [3.63, 3.8) is 0 Å². The number of aryl methyl sites for hydroxylation is 1. The Kier molecular flexibility index (Phi) is 5.36. The first-order chi connectivity index (χ1) is 16.7. The molecule has 3 aliphatic rings. The third-order valence-corrected chi connectivity index (χ3v) is 8.03. The van der Waals surface area contributed by atoms with E-state index in [0.29, 0.717) is 17.6 Å². The SMILES string of the molecule is CCCCc1ccc(C(=O)C2NC3CC2N2CN(c4ccc(C#N)c5ccccc45)CC32)cc1. The van der Waals surface area contributed by atoms with Crippen LogP contribution in [-0.2, 0) is 6.42 Å². The second-order valence-corrected chi connectivity index (χ2v) is 9.95. The molecule has 3 heterocycles. The number of hydrogen-bond donors (Lipinski definition) is 1. The summed E-state index contributed by atoms with van der Waals surface area (Å²) < 4.78 is 0. The quantitative estimate of drug-likeness (QED) is 0.561. The third kappa shape index (κ3) is 3.41. The fraction of sp³-hybridized carbons (Fsp3) is 0.379. The Bertz CT molecular complexity index is 1280. The normalized spacial score (nSPS) is 25.6. The summed E-state index contributed by atoms with van der Waals surface area (Å²) in [7, 11) is 0. The van der Waals surface area contributed by atoms with Gasteiger partial charge in [0.25, 0.3) is 0 Å². The number of carbonyl (C=O) groups excluding carboxylic acids is 1. The summed E-state index contributed by atoms with van der Waals surface area (Å²) in [6.07, 6.45) is 4.48. The summed E-state index contributed by atoms with van der Waals surface area (Å²) in [5, 5.41) is 15.3. The number of piperazine rings is 1. The van der Waals surface area contributed by atoms with Gasteiger partial charge < -0.3 is 10.2 Å². The van der Waals surface area contributed by atoms with Crippen molar-refractivity contribution in [1.29, 1.82) is 5.26 Å². The van der Waals surface area contributed by atoms with Crippen molar-refractivity contribution in [2.45, 2.75) is 56.8 Å². The molecule has 0 amide bonds. The van der Waals surface area contributed by atoms with Gasteiger partial charge in [0, 0.05) is 46.7 Å². The molecule has 172 valence electrons. The predicted molar refractivity (Wildman–Crippen MR) is 135 cm³/mol. The highest BCUT2D eigenvalue weighted by molar-refractivity contribution is 6.01. The molecule has 0 spiro atoms. The first-order valence-corrected chi connectivity index (χ1v) is 12.5. The molecule has 0 aliphatic carbocycles. The summed E-state index contributed by atoms with van der Waals surface area (Å²) >= 11 is 0. The van der Waals surface area contributed by atoms with Crippen molar-refractivity contribution in [3.05, 3.63) is 77.4 Å². The number of unbranched alkanes of at least 4 members (excludes halogenated alkanes) is 1. The van der Waals surface area contributed by atoms with Gasteiger partial charge in [0.05, 0.1) is 24.3 Å². The van der Waals surface area contributed by atoms with Crippen molar-refractivity contribution < 1.29 is 4.79 Å². The lowest BCUT2D eigenvalue weighted by Gasteiger charge is -2.34. The van der Waals surface area contributed by atoms with Crippen LogP contribution in [0.25, 0.3) is 10.8 Å². The minimum Gasteiger partial charge on any atom is -0.356 e. The van der Waals surface area contributed by atoms with Gasteiger partial charge in [-0.1, -0.05) is 61.9 Å². The van der Waals surface area contributed by atoms with Crippen LogP contribution >= 0.6 is 0 Å². The molecule has 3 saturated heterocycles. The fourth-order valence-corrected chi connectivity index (χ4v) is 6.28. The molecule has 4 unspecified atom stereocenters. The van der Waals surface area contributed by atoms with Gasteiger partial charge in [-0.25, -0.2) is 0 Å². The number of nitriles is 1. The standard InChI is InChI=1S/C29H30N4O/c1-2-3-6-19-9-11-20(12-10-19)29(34)28-26-15-24(31-28)27-17-32(18-33(26)27)25-14-13-21(16-30)22-7-4-5-8-23(22)25/h4-5,7-14,24,26-28,31H,2-3,6,15,17-18H2,1H3. The summed E-state index contributed by atoms with van der Waals surface area (Å²) in [6, 6.07) is 23.6. The Balaban J connectivity index is 1.21. The first kappa shape index (κ1) is 21.3. The maximum atomic E-state index is 13.4. The Morgan fingerprint density at radius 1 is 1.06 bits per heavy atom. The van der Waals surface area contributed by atoms with Crippen molar-refractivity contribution in [3.8, 4) is 6.07 Å². The molecule has 4 atom stereocenters. The lowest BCUT2D eigenvalue weighted by molar-refractivity contribution is 0.0843. The Morgan fingerprint density at radius 2 is 1.85 bits per heavy atom. The number of ketones is 1. The Hall–Kier alpha value is -3.20. The molecule has 5 nitrogen and oxygen atoms in total. The van der Waals surface area contributed by atoms with E-state index in [-0.39, 0.29) is 17.9 Å². The molecule has 2 bridgehead atoms. The maximum absolute atomic E-state index is 13.4. The number of anilines is 1. The van der Waals surface area contributed by atoms with Gasteiger partial charge >= 0.3 is 0 Å². The van der Waals surface area contributed by atoms with Crippen molar-refractivity contribution >= 4 is 22.2 Å². The number of carbonyl (C=O) groups is 1. The van der Waals surface area contributed by atoms with Crippen LogP contribution in [-0.4, -0.2) is 48.1 Å². The van der Waals surface area contributed by atoms with Gasteiger partial charge in [0.15, 0.2) is 5.78 Å². The second kappa shape index (κ2) is 8.54. The van der Waals surface area contributed by atoms with Crippen molar-refractivity contribution in [2.24, 2.45) is 0 Å². The molecular weight excluding hydrogens is 420 g/mol. The van der Waals surface area contributed by atoms with Crippen LogP contribution in [0.3, 0.4) is 0 Å². The molecule has 0 saturated carbocycles. The second-order valence-electron chi connectivity index (χ2n) is 9.95. The molecular formula is C29H30N4O.